The second-order valence-corrected chi connectivity index (χ2v) is 2.02. The van der Waals surface area contributed by atoms with Crippen LogP contribution in [0.15, 0.2) is 0 Å². The largest absolute Gasteiger partial charge is 0.378 e. The normalized spacial score (nSPS) is 23.5. The van der Waals surface area contributed by atoms with Crippen LogP contribution in [0.5, 0.6) is 0 Å². The second kappa shape index (κ2) is 1.71. The maximum absolute atomic E-state index is 11.8. The van der Waals surface area contributed by atoms with E-state index in [1.165, 1.54) is 0 Å². The Balaban J connectivity index is 2.49. The molecule has 44 valence electrons. The Labute approximate surface area is 46.9 Å². The highest BCUT2D eigenvalue weighted by molar-refractivity contribution is 5.03. The van der Waals surface area contributed by atoms with Crippen molar-refractivity contribution in [3.8, 4) is 6.07 Å². The summed E-state index contributed by atoms with van der Waals surface area (Å²) in [5, 5.41) is 8.27. The summed E-state index contributed by atoms with van der Waals surface area (Å²) >= 11 is 0. The molecule has 0 amide bonds. The van der Waals surface area contributed by atoms with Crippen LogP contribution in [-0.4, -0.2) is 19.9 Å². The molecule has 0 aromatic rings. The Morgan fingerprint density at radius 1 is 1.75 bits per heavy atom. The van der Waals surface area contributed by atoms with Crippen LogP contribution in [-0.2, 0) is 4.74 Å². The molecule has 0 spiro atoms. The van der Waals surface area contributed by atoms with Crippen LogP contribution in [0.3, 0.4) is 0 Å². The minimum atomic E-state index is -0.778. The number of hydrogen-bond donors (Lipinski definition) is 0. The highest BCUT2D eigenvalue weighted by Gasteiger charge is 2.38. The molecule has 0 aromatic heterocycles. The Kier molecular flexibility index (Phi) is 1.18. The van der Waals surface area contributed by atoms with Crippen LogP contribution in [0.25, 0.3) is 0 Å². The van der Waals surface area contributed by atoms with E-state index in [0.29, 0.717) is 0 Å². The molecular formula is C5H6FNO. The van der Waals surface area contributed by atoms with Gasteiger partial charge in [-0.05, 0) is 0 Å². The molecule has 2 nitrogen and oxygen atoms in total. The predicted octanol–water partition coefficient (Wildman–Crippen LogP) is 0.496. The van der Waals surface area contributed by atoms with Gasteiger partial charge < -0.3 is 4.74 Å². The predicted molar refractivity (Wildman–Crippen MR) is 24.8 cm³/mol. The van der Waals surface area contributed by atoms with E-state index in [4.69, 9.17) is 5.26 Å². The zero-order chi connectivity index (χ0) is 6.04. The highest BCUT2D eigenvalue weighted by Crippen LogP contribution is 2.26. The van der Waals surface area contributed by atoms with Gasteiger partial charge in [0, 0.05) is 0 Å². The summed E-state index contributed by atoms with van der Waals surface area (Å²) in [5.74, 6) is 0. The first-order valence-electron chi connectivity index (χ1n) is 2.38. The number of nitriles is 1. The van der Waals surface area contributed by atoms with Gasteiger partial charge >= 0.3 is 0 Å². The molecule has 0 aliphatic carbocycles. The van der Waals surface area contributed by atoms with Gasteiger partial charge in [0.05, 0.1) is 19.3 Å². The smallest absolute Gasteiger partial charge is 0.132 e. The molecule has 1 aliphatic heterocycles. The maximum atomic E-state index is 11.8. The molecular weight excluding hydrogens is 109 g/mol. The molecule has 3 heteroatoms. The Hall–Kier alpha value is -0.620. The van der Waals surface area contributed by atoms with Gasteiger partial charge in [-0.1, -0.05) is 0 Å². The molecule has 0 bridgehead atoms. The molecule has 0 atom stereocenters. The zero-order valence-corrected chi connectivity index (χ0v) is 4.35. The van der Waals surface area contributed by atoms with Crippen LogP contribution in [0.2, 0.25) is 0 Å². The van der Waals surface area contributed by atoms with Crippen molar-refractivity contribution in [2.45, 2.75) is 0 Å². The van der Waals surface area contributed by atoms with Crippen LogP contribution in [0.1, 0.15) is 0 Å². The summed E-state index contributed by atoms with van der Waals surface area (Å²) in [6.07, 6.45) is 0. The Morgan fingerprint density at radius 3 is 2.38 bits per heavy atom. The first-order valence-corrected chi connectivity index (χ1v) is 2.38. The number of hydrogen-bond acceptors (Lipinski definition) is 2. The third-order valence-electron chi connectivity index (χ3n) is 1.25. The van der Waals surface area contributed by atoms with Gasteiger partial charge in [0.1, 0.15) is 12.1 Å². The monoisotopic (exact) mass is 115 g/mol. The Morgan fingerprint density at radius 2 is 2.38 bits per heavy atom. The van der Waals surface area contributed by atoms with Crippen molar-refractivity contribution in [2.75, 3.05) is 19.9 Å². The number of rotatable bonds is 1. The van der Waals surface area contributed by atoms with E-state index in [1.807, 2.05) is 6.07 Å². The van der Waals surface area contributed by atoms with Crippen LogP contribution in [0.4, 0.5) is 4.39 Å². The summed E-state index contributed by atoms with van der Waals surface area (Å²) < 4.78 is 16.4. The lowest BCUT2D eigenvalue weighted by atomic mass is 9.90. The molecule has 1 fully saturated rings. The lowest BCUT2D eigenvalue weighted by Crippen LogP contribution is -2.42. The standard InChI is InChI=1S/C5H6FNO/c6-1-5(2-7)3-8-4-5/h1,3-4H2. The van der Waals surface area contributed by atoms with E-state index in [9.17, 15) is 4.39 Å². The molecule has 1 saturated heterocycles. The third kappa shape index (κ3) is 0.577. The molecule has 8 heavy (non-hydrogen) atoms. The van der Waals surface area contributed by atoms with Gasteiger partial charge in [0.2, 0.25) is 0 Å². The third-order valence-corrected chi connectivity index (χ3v) is 1.25. The maximum Gasteiger partial charge on any atom is 0.132 e. The van der Waals surface area contributed by atoms with Gasteiger partial charge in [0.25, 0.3) is 0 Å². The topological polar surface area (TPSA) is 33.0 Å². The fourth-order valence-corrected chi connectivity index (χ4v) is 0.520. The molecule has 0 aromatic carbocycles. The summed E-state index contributed by atoms with van der Waals surface area (Å²) in [7, 11) is 0. The van der Waals surface area contributed by atoms with Gasteiger partial charge in [-0.15, -0.1) is 0 Å². The summed E-state index contributed by atoms with van der Waals surface area (Å²) in [4.78, 5) is 0. The van der Waals surface area contributed by atoms with Crippen molar-refractivity contribution in [1.82, 2.24) is 0 Å². The number of nitrogens with zero attached hydrogens (tertiary/aromatic N) is 1. The lowest BCUT2D eigenvalue weighted by Gasteiger charge is -2.31. The molecule has 0 unspecified atom stereocenters. The van der Waals surface area contributed by atoms with Crippen molar-refractivity contribution < 1.29 is 9.13 Å². The number of halogens is 1. The molecule has 1 aliphatic rings. The van der Waals surface area contributed by atoms with Gasteiger partial charge in [-0.2, -0.15) is 5.26 Å². The van der Waals surface area contributed by atoms with Crippen molar-refractivity contribution in [1.29, 1.82) is 5.26 Å². The SMILES string of the molecule is N#CC1(CF)COC1. The second-order valence-electron chi connectivity index (χ2n) is 2.02. The molecule has 1 rings (SSSR count). The van der Waals surface area contributed by atoms with Crippen molar-refractivity contribution in [2.24, 2.45) is 5.41 Å². The van der Waals surface area contributed by atoms with E-state index < -0.39 is 12.1 Å². The van der Waals surface area contributed by atoms with Gasteiger partial charge in [-0.25, -0.2) is 4.39 Å². The summed E-state index contributed by atoms with van der Waals surface area (Å²) in [6.45, 7) is -0.0521. The van der Waals surface area contributed by atoms with E-state index in [1.54, 1.807) is 0 Å². The Bertz CT molecular complexity index is 119. The fourth-order valence-electron chi connectivity index (χ4n) is 0.520. The molecule has 0 N–H and O–H groups in total. The number of ether oxygens (including phenoxy) is 1. The van der Waals surface area contributed by atoms with Crippen LogP contribution >= 0.6 is 0 Å². The van der Waals surface area contributed by atoms with E-state index in [0.717, 1.165) is 0 Å². The van der Waals surface area contributed by atoms with Crippen LogP contribution < -0.4 is 0 Å². The van der Waals surface area contributed by atoms with Crippen LogP contribution in [0, 0.1) is 16.7 Å². The van der Waals surface area contributed by atoms with Gasteiger partial charge in [-0.3, -0.25) is 0 Å². The highest BCUT2D eigenvalue weighted by atomic mass is 19.1. The van der Waals surface area contributed by atoms with Crippen molar-refractivity contribution in [3.63, 3.8) is 0 Å². The average molecular weight is 115 g/mol. The molecule has 0 radical (unpaired) electrons. The van der Waals surface area contributed by atoms with Gasteiger partial charge in [0.15, 0.2) is 0 Å². The van der Waals surface area contributed by atoms with Crippen molar-refractivity contribution in [3.05, 3.63) is 0 Å². The average Bonchev–Trinajstić information content (AvgIpc) is 1.67. The van der Waals surface area contributed by atoms with E-state index in [-0.39, 0.29) is 13.2 Å². The lowest BCUT2D eigenvalue weighted by molar-refractivity contribution is -0.0873. The molecule has 1 heterocycles. The molecule has 0 saturated carbocycles. The first kappa shape index (κ1) is 5.52. The summed E-state index contributed by atoms with van der Waals surface area (Å²) in [5.41, 5.74) is -0.778. The fraction of sp³-hybridized carbons (Fsp3) is 0.800. The number of alkyl halides is 1. The minimum Gasteiger partial charge on any atom is -0.378 e. The van der Waals surface area contributed by atoms with E-state index >= 15 is 0 Å². The minimum absolute atomic E-state index is 0.264. The van der Waals surface area contributed by atoms with Crippen molar-refractivity contribution >= 4 is 0 Å². The first-order chi connectivity index (χ1) is 3.83. The zero-order valence-electron chi connectivity index (χ0n) is 4.35. The quantitative estimate of drug-likeness (QED) is 0.498. The van der Waals surface area contributed by atoms with E-state index in [2.05, 4.69) is 4.74 Å². The summed E-state index contributed by atoms with van der Waals surface area (Å²) in [6, 6.07) is 1.86.